The van der Waals surface area contributed by atoms with E-state index < -0.39 is 0 Å². The van der Waals surface area contributed by atoms with Crippen LogP contribution in [0.15, 0.2) is 30.3 Å². The summed E-state index contributed by atoms with van der Waals surface area (Å²) in [7, 11) is 3.94. The summed E-state index contributed by atoms with van der Waals surface area (Å²) in [4.78, 5) is 11.2. The van der Waals surface area contributed by atoms with Gasteiger partial charge in [0.25, 0.3) is 0 Å². The van der Waals surface area contributed by atoms with E-state index in [1.54, 1.807) is 0 Å². The first-order chi connectivity index (χ1) is 9.62. The van der Waals surface area contributed by atoms with E-state index in [1.165, 1.54) is 11.1 Å². The molecule has 0 unspecified atom stereocenters. The van der Waals surface area contributed by atoms with Gasteiger partial charge in [0, 0.05) is 33.1 Å². The molecule has 0 fully saturated rings. The van der Waals surface area contributed by atoms with Crippen LogP contribution in [0, 0.1) is 6.92 Å². The maximum absolute atomic E-state index is 4.59. The summed E-state index contributed by atoms with van der Waals surface area (Å²) in [5, 5.41) is 3.09. The molecule has 0 radical (unpaired) electrons. The molecule has 4 heteroatoms. The van der Waals surface area contributed by atoms with Crippen LogP contribution >= 0.6 is 0 Å². The monoisotopic (exact) mass is 270 g/mol. The number of nitrogens with one attached hydrogen (secondary N) is 1. The first-order valence-corrected chi connectivity index (χ1v) is 6.94. The van der Waals surface area contributed by atoms with Crippen LogP contribution in [-0.4, -0.2) is 24.1 Å². The molecule has 106 valence electrons. The van der Waals surface area contributed by atoms with Crippen molar-refractivity contribution in [1.82, 2.24) is 9.97 Å². The minimum atomic E-state index is 0.834. The average Bonchev–Trinajstić information content (AvgIpc) is 2.46. The smallest absolute Gasteiger partial charge is 0.134 e. The average molecular weight is 270 g/mol. The van der Waals surface area contributed by atoms with Crippen LogP contribution in [0.4, 0.5) is 11.6 Å². The Hall–Kier alpha value is -2.10. The van der Waals surface area contributed by atoms with Crippen LogP contribution in [0.25, 0.3) is 0 Å². The Morgan fingerprint density at radius 1 is 1.20 bits per heavy atom. The molecule has 20 heavy (non-hydrogen) atoms. The van der Waals surface area contributed by atoms with Crippen molar-refractivity contribution in [2.45, 2.75) is 26.8 Å². The maximum Gasteiger partial charge on any atom is 0.134 e. The molecule has 0 bridgehead atoms. The van der Waals surface area contributed by atoms with Gasteiger partial charge >= 0.3 is 0 Å². The Morgan fingerprint density at radius 3 is 2.65 bits per heavy atom. The van der Waals surface area contributed by atoms with Crippen molar-refractivity contribution < 1.29 is 0 Å². The molecular formula is C16H22N4. The molecule has 2 aromatic rings. The summed E-state index contributed by atoms with van der Waals surface area (Å²) < 4.78 is 0. The molecule has 0 atom stereocenters. The highest BCUT2D eigenvalue weighted by Crippen LogP contribution is 2.17. The molecular weight excluding hydrogens is 248 g/mol. The highest BCUT2D eigenvalue weighted by atomic mass is 15.2. The van der Waals surface area contributed by atoms with Crippen molar-refractivity contribution in [3.63, 3.8) is 0 Å². The van der Waals surface area contributed by atoms with E-state index in [2.05, 4.69) is 65.3 Å². The molecule has 4 nitrogen and oxygen atoms in total. The molecule has 0 saturated heterocycles. The lowest BCUT2D eigenvalue weighted by molar-refractivity contribution is 0.859. The number of benzene rings is 1. The van der Waals surface area contributed by atoms with E-state index in [9.17, 15) is 0 Å². The van der Waals surface area contributed by atoms with Crippen molar-refractivity contribution in [3.8, 4) is 0 Å². The SMILES string of the molecule is CCc1nc(NC)cc(N(C)Cc2cccc(C)c2)n1. The van der Waals surface area contributed by atoms with Gasteiger partial charge in [0.05, 0.1) is 0 Å². The predicted molar refractivity (Wildman–Crippen MR) is 84.2 cm³/mol. The second-order valence-corrected chi connectivity index (χ2v) is 4.98. The number of aromatic nitrogens is 2. The second kappa shape index (κ2) is 6.37. The largest absolute Gasteiger partial charge is 0.373 e. The third-order valence-electron chi connectivity index (χ3n) is 3.22. The van der Waals surface area contributed by atoms with Crippen molar-refractivity contribution >= 4 is 11.6 Å². The maximum atomic E-state index is 4.59. The van der Waals surface area contributed by atoms with E-state index in [0.717, 1.165) is 30.4 Å². The van der Waals surface area contributed by atoms with Gasteiger partial charge in [-0.15, -0.1) is 0 Å². The van der Waals surface area contributed by atoms with Gasteiger partial charge in [-0.05, 0) is 12.5 Å². The zero-order chi connectivity index (χ0) is 14.5. The molecule has 0 aliphatic carbocycles. The summed E-state index contributed by atoms with van der Waals surface area (Å²) in [6, 6.07) is 10.5. The van der Waals surface area contributed by atoms with Gasteiger partial charge in [-0.25, -0.2) is 9.97 Å². The van der Waals surface area contributed by atoms with Crippen LogP contribution in [-0.2, 0) is 13.0 Å². The number of nitrogens with zero attached hydrogens (tertiary/aromatic N) is 3. The Labute approximate surface area is 120 Å². The lowest BCUT2D eigenvalue weighted by atomic mass is 10.1. The summed E-state index contributed by atoms with van der Waals surface area (Å²) >= 11 is 0. The normalized spacial score (nSPS) is 10.4. The third-order valence-corrected chi connectivity index (χ3v) is 3.22. The fourth-order valence-electron chi connectivity index (χ4n) is 2.13. The third kappa shape index (κ3) is 3.47. The lowest BCUT2D eigenvalue weighted by Crippen LogP contribution is -2.19. The molecule has 0 spiro atoms. The molecule has 0 amide bonds. The summed E-state index contributed by atoms with van der Waals surface area (Å²) in [6.45, 7) is 5.02. The minimum Gasteiger partial charge on any atom is -0.373 e. The Balaban J connectivity index is 2.22. The second-order valence-electron chi connectivity index (χ2n) is 4.98. The highest BCUT2D eigenvalue weighted by molar-refractivity contribution is 5.49. The van der Waals surface area contributed by atoms with E-state index in [-0.39, 0.29) is 0 Å². The van der Waals surface area contributed by atoms with E-state index >= 15 is 0 Å². The highest BCUT2D eigenvalue weighted by Gasteiger charge is 2.08. The van der Waals surface area contributed by atoms with Crippen molar-refractivity contribution in [2.75, 3.05) is 24.3 Å². The molecule has 0 aliphatic rings. The Bertz CT molecular complexity index is 558. The van der Waals surface area contributed by atoms with Crippen LogP contribution < -0.4 is 10.2 Å². The van der Waals surface area contributed by atoms with Gasteiger partial charge in [-0.1, -0.05) is 36.8 Å². The van der Waals surface area contributed by atoms with Crippen LogP contribution in [0.1, 0.15) is 23.9 Å². The van der Waals surface area contributed by atoms with Crippen molar-refractivity contribution in [2.24, 2.45) is 0 Å². The lowest BCUT2D eigenvalue weighted by Gasteiger charge is -2.19. The predicted octanol–water partition coefficient (Wildman–Crippen LogP) is 3.03. The zero-order valence-corrected chi connectivity index (χ0v) is 12.6. The Morgan fingerprint density at radius 2 is 2.00 bits per heavy atom. The molecule has 1 N–H and O–H groups in total. The van der Waals surface area contributed by atoms with Crippen LogP contribution in [0.2, 0.25) is 0 Å². The van der Waals surface area contributed by atoms with Gasteiger partial charge in [0.1, 0.15) is 17.5 Å². The van der Waals surface area contributed by atoms with Gasteiger partial charge in [0.15, 0.2) is 0 Å². The topological polar surface area (TPSA) is 41.1 Å². The van der Waals surface area contributed by atoms with Crippen LogP contribution in [0.3, 0.4) is 0 Å². The number of aryl methyl sites for hydroxylation is 2. The summed E-state index contributed by atoms with van der Waals surface area (Å²) in [6.07, 6.45) is 0.834. The summed E-state index contributed by atoms with van der Waals surface area (Å²) in [5.74, 6) is 2.67. The molecule has 1 aromatic heterocycles. The van der Waals surface area contributed by atoms with Gasteiger partial charge < -0.3 is 10.2 Å². The zero-order valence-electron chi connectivity index (χ0n) is 12.6. The standard InChI is InChI=1S/C16H22N4/c1-5-14-18-15(17-3)10-16(19-14)20(4)11-13-8-6-7-12(2)9-13/h6-10H,5,11H2,1-4H3,(H,17,18,19). The van der Waals surface area contributed by atoms with E-state index in [4.69, 9.17) is 0 Å². The number of anilines is 2. The minimum absolute atomic E-state index is 0.834. The quantitative estimate of drug-likeness (QED) is 0.906. The van der Waals surface area contributed by atoms with Crippen LogP contribution in [0.5, 0.6) is 0 Å². The van der Waals surface area contributed by atoms with Crippen molar-refractivity contribution in [1.29, 1.82) is 0 Å². The molecule has 1 aromatic carbocycles. The van der Waals surface area contributed by atoms with Gasteiger partial charge in [-0.3, -0.25) is 0 Å². The molecule has 2 rings (SSSR count). The molecule has 0 saturated carbocycles. The summed E-state index contributed by atoms with van der Waals surface area (Å²) in [5.41, 5.74) is 2.57. The van der Waals surface area contributed by atoms with Gasteiger partial charge in [-0.2, -0.15) is 0 Å². The number of hydrogen-bond acceptors (Lipinski definition) is 4. The van der Waals surface area contributed by atoms with E-state index in [0.29, 0.717) is 0 Å². The molecule has 0 aliphatic heterocycles. The molecule has 1 heterocycles. The van der Waals surface area contributed by atoms with Gasteiger partial charge in [0.2, 0.25) is 0 Å². The van der Waals surface area contributed by atoms with E-state index in [1.807, 2.05) is 13.1 Å². The number of hydrogen-bond donors (Lipinski definition) is 1. The number of rotatable bonds is 5. The Kier molecular flexibility index (Phi) is 4.56. The first-order valence-electron chi connectivity index (χ1n) is 6.94. The fourth-order valence-corrected chi connectivity index (χ4v) is 2.13. The van der Waals surface area contributed by atoms with Crippen molar-refractivity contribution in [3.05, 3.63) is 47.3 Å². The first kappa shape index (κ1) is 14.3. The fraction of sp³-hybridized carbons (Fsp3) is 0.375.